The summed E-state index contributed by atoms with van der Waals surface area (Å²) in [5.41, 5.74) is 2.79. The molecule has 0 bridgehead atoms. The second-order valence-electron chi connectivity index (χ2n) is 4.13. The maximum absolute atomic E-state index is 10.8. The van der Waals surface area contributed by atoms with Crippen molar-refractivity contribution in [2.45, 2.75) is 20.1 Å². The maximum atomic E-state index is 10.8. The van der Waals surface area contributed by atoms with Crippen molar-refractivity contribution in [3.05, 3.63) is 50.5 Å². The van der Waals surface area contributed by atoms with E-state index < -0.39 is 11.2 Å². The van der Waals surface area contributed by atoms with Crippen LogP contribution in [0.25, 0.3) is 0 Å². The Morgan fingerprint density at radius 1 is 1.40 bits per heavy atom. The second-order valence-corrected chi connectivity index (χ2v) is 4.54. The van der Waals surface area contributed by atoms with Gasteiger partial charge in [-0.25, -0.2) is 4.68 Å². The van der Waals surface area contributed by atoms with Gasteiger partial charge in [0.2, 0.25) is 0 Å². The minimum Gasteiger partial charge on any atom is -0.368 e. The molecule has 1 unspecified atom stereocenters. The Bertz CT molecular complexity index is 638. The van der Waals surface area contributed by atoms with E-state index in [2.05, 4.69) is 15.6 Å². The number of benzene rings is 1. The fourth-order valence-electron chi connectivity index (χ4n) is 1.69. The first-order valence-electron chi connectivity index (χ1n) is 5.67. The molecule has 2 rings (SSSR count). The summed E-state index contributed by atoms with van der Waals surface area (Å²) >= 11 is 5.72. The molecule has 1 aromatic carbocycles. The van der Waals surface area contributed by atoms with E-state index in [0.29, 0.717) is 17.2 Å². The third kappa shape index (κ3) is 2.70. The van der Waals surface area contributed by atoms with Crippen LogP contribution in [-0.2, 0) is 0 Å². The number of hydrogen-bond acceptors (Lipinski definition) is 6. The Kier molecular flexibility index (Phi) is 3.86. The first kappa shape index (κ1) is 14.2. The summed E-state index contributed by atoms with van der Waals surface area (Å²) in [7, 11) is 0. The Balaban J connectivity index is 2.28. The lowest BCUT2D eigenvalue weighted by molar-refractivity contribution is -0.384. The van der Waals surface area contributed by atoms with Gasteiger partial charge in [-0.2, -0.15) is 0 Å². The Labute approximate surface area is 119 Å². The first-order chi connectivity index (χ1) is 9.40. The highest BCUT2D eigenvalue weighted by molar-refractivity contribution is 6.32. The highest BCUT2D eigenvalue weighted by Gasteiger charge is 2.17. The molecular formula is C11H12ClN5O3. The van der Waals surface area contributed by atoms with E-state index in [1.807, 2.05) is 0 Å². The second kappa shape index (κ2) is 5.43. The Morgan fingerprint density at radius 2 is 2.00 bits per heavy atom. The smallest absolute Gasteiger partial charge is 0.288 e. The topological polar surface area (TPSA) is 106 Å². The minimum atomic E-state index is -1.15. The molecule has 1 atom stereocenters. The number of nitrogens with zero attached hydrogens (tertiary/aromatic N) is 4. The molecule has 2 aromatic rings. The zero-order valence-electron chi connectivity index (χ0n) is 10.7. The van der Waals surface area contributed by atoms with Gasteiger partial charge in [-0.05, 0) is 19.9 Å². The predicted molar refractivity (Wildman–Crippen MR) is 71.9 cm³/mol. The van der Waals surface area contributed by atoms with Gasteiger partial charge < -0.3 is 5.11 Å². The van der Waals surface area contributed by atoms with Crippen molar-refractivity contribution < 1.29 is 10.0 Å². The van der Waals surface area contributed by atoms with Gasteiger partial charge >= 0.3 is 0 Å². The zero-order valence-corrected chi connectivity index (χ0v) is 11.5. The van der Waals surface area contributed by atoms with E-state index in [1.54, 1.807) is 13.8 Å². The summed E-state index contributed by atoms with van der Waals surface area (Å²) < 4.78 is 1.49. The van der Waals surface area contributed by atoms with E-state index in [0.717, 1.165) is 0 Å². The van der Waals surface area contributed by atoms with Crippen LogP contribution in [0, 0.1) is 24.0 Å². The summed E-state index contributed by atoms with van der Waals surface area (Å²) in [5, 5.41) is 28.6. The molecule has 0 amide bonds. The maximum Gasteiger partial charge on any atom is 0.288 e. The van der Waals surface area contributed by atoms with Crippen molar-refractivity contribution in [2.75, 3.05) is 5.43 Å². The molecule has 0 saturated heterocycles. The van der Waals surface area contributed by atoms with Crippen LogP contribution in [0.2, 0.25) is 5.02 Å². The lowest BCUT2D eigenvalue weighted by Gasteiger charge is -2.16. The molecule has 8 nitrogen and oxygen atoms in total. The van der Waals surface area contributed by atoms with Crippen molar-refractivity contribution in [1.82, 2.24) is 14.9 Å². The normalized spacial score (nSPS) is 12.2. The van der Waals surface area contributed by atoms with E-state index in [9.17, 15) is 15.2 Å². The third-order valence-corrected chi connectivity index (χ3v) is 3.04. The minimum absolute atomic E-state index is 0.0163. The molecule has 0 saturated carbocycles. The molecular weight excluding hydrogens is 286 g/mol. The summed E-state index contributed by atoms with van der Waals surface area (Å²) in [5.74, 6) is 1.12. The van der Waals surface area contributed by atoms with E-state index >= 15 is 0 Å². The van der Waals surface area contributed by atoms with Crippen LogP contribution in [0.5, 0.6) is 0 Å². The molecule has 106 valence electrons. The largest absolute Gasteiger partial charge is 0.368 e. The van der Waals surface area contributed by atoms with Gasteiger partial charge in [-0.3, -0.25) is 15.5 Å². The Hall–Kier alpha value is -2.19. The summed E-state index contributed by atoms with van der Waals surface area (Å²) in [6.45, 7) is 3.42. The van der Waals surface area contributed by atoms with Crippen LogP contribution in [-0.4, -0.2) is 24.9 Å². The molecule has 1 aromatic heterocycles. The molecule has 0 aliphatic carbocycles. The van der Waals surface area contributed by atoms with Gasteiger partial charge in [0.25, 0.3) is 5.69 Å². The quantitative estimate of drug-likeness (QED) is 0.505. The lowest BCUT2D eigenvalue weighted by atomic mass is 10.2. The molecule has 2 N–H and O–H groups in total. The number of nitro groups is 1. The van der Waals surface area contributed by atoms with Crippen molar-refractivity contribution in [3.8, 4) is 0 Å². The number of hydrogen-bond donors (Lipinski definition) is 2. The van der Waals surface area contributed by atoms with Gasteiger partial charge in [-0.1, -0.05) is 17.7 Å². The average molecular weight is 298 g/mol. The van der Waals surface area contributed by atoms with Crippen LogP contribution in [0.1, 0.15) is 23.4 Å². The number of nitro benzene ring substituents is 1. The summed E-state index contributed by atoms with van der Waals surface area (Å²) in [4.78, 5) is 10.2. The number of aromatic nitrogens is 3. The van der Waals surface area contributed by atoms with Gasteiger partial charge in [0, 0.05) is 11.6 Å². The third-order valence-electron chi connectivity index (χ3n) is 2.72. The predicted octanol–water partition coefficient (Wildman–Crippen LogP) is 1.69. The molecule has 1 heterocycles. The first-order valence-corrected chi connectivity index (χ1v) is 6.05. The van der Waals surface area contributed by atoms with Crippen molar-refractivity contribution in [1.29, 1.82) is 0 Å². The Morgan fingerprint density at radius 3 is 2.55 bits per heavy atom. The fraction of sp³-hybridized carbons (Fsp3) is 0.273. The number of halogens is 1. The number of aliphatic hydroxyl groups is 1. The highest BCUT2D eigenvalue weighted by atomic mass is 35.5. The highest BCUT2D eigenvalue weighted by Crippen LogP contribution is 2.27. The van der Waals surface area contributed by atoms with E-state index in [-0.39, 0.29) is 10.7 Å². The van der Waals surface area contributed by atoms with Crippen LogP contribution < -0.4 is 5.43 Å². The number of aryl methyl sites for hydroxylation is 2. The van der Waals surface area contributed by atoms with E-state index in [4.69, 9.17) is 11.6 Å². The molecule has 0 aliphatic rings. The molecule has 9 heteroatoms. The van der Waals surface area contributed by atoms with Crippen LogP contribution in [0.3, 0.4) is 0 Å². The van der Waals surface area contributed by atoms with Crippen LogP contribution in [0.15, 0.2) is 18.2 Å². The van der Waals surface area contributed by atoms with Gasteiger partial charge in [0.05, 0.1) is 4.92 Å². The summed E-state index contributed by atoms with van der Waals surface area (Å²) in [6.07, 6.45) is -1.15. The average Bonchev–Trinajstić information content (AvgIpc) is 2.70. The molecule has 0 radical (unpaired) electrons. The molecule has 0 spiro atoms. The zero-order chi connectivity index (χ0) is 14.9. The standard InChI is InChI=1S/C11H12ClN5O3/c1-6-13-14-7(2)16(6)15-11(18)8-3-4-9(12)10(5-8)17(19)20/h3-5,11,15,18H,1-2H3. The SMILES string of the molecule is Cc1nnc(C)n1NC(O)c1ccc(Cl)c([N+](=O)[O-])c1. The van der Waals surface area contributed by atoms with E-state index in [1.165, 1.54) is 22.9 Å². The van der Waals surface area contributed by atoms with Crippen molar-refractivity contribution >= 4 is 17.3 Å². The van der Waals surface area contributed by atoms with Gasteiger partial charge in [0.1, 0.15) is 16.7 Å². The number of rotatable bonds is 4. The lowest BCUT2D eigenvalue weighted by Crippen LogP contribution is -2.23. The molecule has 20 heavy (non-hydrogen) atoms. The fourth-order valence-corrected chi connectivity index (χ4v) is 1.88. The van der Waals surface area contributed by atoms with Gasteiger partial charge in [0.15, 0.2) is 6.23 Å². The van der Waals surface area contributed by atoms with Gasteiger partial charge in [-0.15, -0.1) is 10.2 Å². The van der Waals surface area contributed by atoms with Crippen LogP contribution in [0.4, 0.5) is 5.69 Å². The molecule has 0 aliphatic heterocycles. The van der Waals surface area contributed by atoms with Crippen molar-refractivity contribution in [2.24, 2.45) is 0 Å². The number of aliphatic hydroxyl groups excluding tert-OH is 1. The summed E-state index contributed by atoms with van der Waals surface area (Å²) in [6, 6.07) is 4.09. The number of nitrogens with one attached hydrogen (secondary N) is 1. The van der Waals surface area contributed by atoms with Crippen LogP contribution >= 0.6 is 11.6 Å². The van der Waals surface area contributed by atoms with Crippen molar-refractivity contribution in [3.63, 3.8) is 0 Å². The molecule has 0 fully saturated rings. The monoisotopic (exact) mass is 297 g/mol.